The average Bonchev–Trinajstić information content (AvgIpc) is 3.18. The molecule has 0 aliphatic carbocycles. The van der Waals surface area contributed by atoms with Gasteiger partial charge in [0.25, 0.3) is 0 Å². The summed E-state index contributed by atoms with van der Waals surface area (Å²) in [6.45, 7) is 4.16. The number of benzene rings is 1. The first kappa shape index (κ1) is 16.2. The van der Waals surface area contributed by atoms with Gasteiger partial charge in [0.2, 0.25) is 0 Å². The van der Waals surface area contributed by atoms with Gasteiger partial charge in [-0.25, -0.2) is 4.98 Å². The number of rotatable bonds is 5. The Hall–Kier alpha value is -2.67. The van der Waals surface area contributed by atoms with Gasteiger partial charge in [0.15, 0.2) is 17.5 Å². The van der Waals surface area contributed by atoms with E-state index in [4.69, 9.17) is 15.0 Å². The Labute approximate surface area is 143 Å². The van der Waals surface area contributed by atoms with Gasteiger partial charge < -0.3 is 15.0 Å². The van der Waals surface area contributed by atoms with Crippen molar-refractivity contribution in [3.8, 4) is 11.3 Å². The molecule has 0 aliphatic heterocycles. The number of hydrogen-bond donors (Lipinski definition) is 1. The Balaban J connectivity index is 1.76. The number of nitrogens with zero attached hydrogens (tertiary/aromatic N) is 2. The summed E-state index contributed by atoms with van der Waals surface area (Å²) < 4.78 is 10.1. The normalized spacial score (nSPS) is 10.8. The van der Waals surface area contributed by atoms with Crippen LogP contribution in [0.2, 0.25) is 0 Å². The van der Waals surface area contributed by atoms with Crippen LogP contribution in [0.25, 0.3) is 11.3 Å². The lowest BCUT2D eigenvalue weighted by atomic mass is 10.0. The molecule has 1 aromatic carbocycles. The number of anilines is 1. The Morgan fingerprint density at radius 2 is 2.12 bits per heavy atom. The maximum atomic E-state index is 12.1. The number of ether oxygens (including phenoxy) is 1. The van der Waals surface area contributed by atoms with E-state index in [9.17, 15) is 4.79 Å². The second-order valence-corrected chi connectivity index (χ2v) is 6.55. The van der Waals surface area contributed by atoms with E-state index in [0.29, 0.717) is 10.9 Å². The van der Waals surface area contributed by atoms with Gasteiger partial charge in [-0.15, -0.1) is 11.3 Å². The molecule has 0 amide bonds. The highest BCUT2D eigenvalue weighted by molar-refractivity contribution is 7.15. The topological polar surface area (TPSA) is 91.2 Å². The molecule has 0 fully saturated rings. The lowest BCUT2D eigenvalue weighted by Crippen LogP contribution is -2.07. The molecule has 0 saturated heterocycles. The molecule has 3 aromatic rings. The molecule has 0 atom stereocenters. The SMILES string of the molecule is Cc1ccc(-c2nc(N)sc2CC(=O)OCc2ccno2)cc1C. The van der Waals surface area contributed by atoms with Gasteiger partial charge in [0.05, 0.1) is 18.3 Å². The summed E-state index contributed by atoms with van der Waals surface area (Å²) in [5.74, 6) is 0.140. The minimum atomic E-state index is -0.361. The van der Waals surface area contributed by atoms with Crippen molar-refractivity contribution in [3.63, 3.8) is 0 Å². The fourth-order valence-corrected chi connectivity index (χ4v) is 3.09. The lowest BCUT2D eigenvalue weighted by molar-refractivity contribution is -0.144. The first-order valence-corrected chi connectivity index (χ1v) is 8.22. The number of nitrogen functional groups attached to an aromatic ring is 1. The largest absolute Gasteiger partial charge is 0.457 e. The summed E-state index contributed by atoms with van der Waals surface area (Å²) in [5.41, 5.74) is 9.89. The molecule has 24 heavy (non-hydrogen) atoms. The standard InChI is InChI=1S/C17H17N3O3S/c1-10-3-4-12(7-11(10)2)16-14(24-17(18)20-16)8-15(21)22-9-13-5-6-19-23-13/h3-7H,8-9H2,1-2H3,(H2,18,20). The molecular formula is C17H17N3O3S. The van der Waals surface area contributed by atoms with Gasteiger partial charge in [-0.1, -0.05) is 17.3 Å². The molecular weight excluding hydrogens is 326 g/mol. The predicted molar refractivity (Wildman–Crippen MR) is 91.4 cm³/mol. The van der Waals surface area contributed by atoms with E-state index in [2.05, 4.69) is 17.1 Å². The summed E-state index contributed by atoms with van der Waals surface area (Å²) >= 11 is 1.30. The summed E-state index contributed by atoms with van der Waals surface area (Å²) in [6.07, 6.45) is 1.62. The van der Waals surface area contributed by atoms with Crippen molar-refractivity contribution < 1.29 is 14.1 Å². The molecule has 0 saturated carbocycles. The van der Waals surface area contributed by atoms with Gasteiger partial charge in [-0.2, -0.15) is 0 Å². The predicted octanol–water partition coefficient (Wildman–Crippen LogP) is 3.28. The van der Waals surface area contributed by atoms with Crippen molar-refractivity contribution in [1.29, 1.82) is 0 Å². The van der Waals surface area contributed by atoms with E-state index in [1.165, 1.54) is 23.1 Å². The van der Waals surface area contributed by atoms with Crippen LogP contribution >= 0.6 is 11.3 Å². The Bertz CT molecular complexity index is 856. The number of aryl methyl sites for hydroxylation is 2. The fourth-order valence-electron chi connectivity index (χ4n) is 2.25. The fraction of sp³-hybridized carbons (Fsp3) is 0.235. The average molecular weight is 343 g/mol. The van der Waals surface area contributed by atoms with E-state index in [1.54, 1.807) is 6.07 Å². The zero-order chi connectivity index (χ0) is 17.1. The molecule has 0 spiro atoms. The highest BCUT2D eigenvalue weighted by Crippen LogP contribution is 2.31. The first-order chi connectivity index (χ1) is 11.5. The molecule has 0 unspecified atom stereocenters. The summed E-state index contributed by atoms with van der Waals surface area (Å²) in [6, 6.07) is 7.72. The molecule has 124 valence electrons. The molecule has 0 aliphatic rings. The second-order valence-electron chi connectivity index (χ2n) is 5.44. The molecule has 2 N–H and O–H groups in total. The maximum Gasteiger partial charge on any atom is 0.311 e. The van der Waals surface area contributed by atoms with Gasteiger partial charge in [0.1, 0.15) is 0 Å². The molecule has 7 heteroatoms. The highest BCUT2D eigenvalue weighted by Gasteiger charge is 2.17. The lowest BCUT2D eigenvalue weighted by Gasteiger charge is -2.06. The van der Waals surface area contributed by atoms with Crippen LogP contribution in [-0.2, 0) is 22.6 Å². The number of nitrogens with two attached hydrogens (primary N) is 1. The number of thiazole rings is 1. The van der Waals surface area contributed by atoms with E-state index in [1.807, 2.05) is 25.1 Å². The zero-order valence-electron chi connectivity index (χ0n) is 13.4. The second kappa shape index (κ2) is 6.84. The van der Waals surface area contributed by atoms with Crippen molar-refractivity contribution in [2.75, 3.05) is 5.73 Å². The van der Waals surface area contributed by atoms with Crippen LogP contribution in [0.5, 0.6) is 0 Å². The van der Waals surface area contributed by atoms with Gasteiger partial charge in [-0.3, -0.25) is 4.79 Å². The van der Waals surface area contributed by atoms with Gasteiger partial charge in [0, 0.05) is 16.5 Å². The van der Waals surface area contributed by atoms with E-state index in [0.717, 1.165) is 21.7 Å². The third-order valence-corrected chi connectivity index (χ3v) is 4.55. The van der Waals surface area contributed by atoms with E-state index >= 15 is 0 Å². The maximum absolute atomic E-state index is 12.1. The highest BCUT2D eigenvalue weighted by atomic mass is 32.1. The van der Waals surface area contributed by atoms with Gasteiger partial charge in [-0.05, 0) is 31.0 Å². The number of aromatic nitrogens is 2. The zero-order valence-corrected chi connectivity index (χ0v) is 14.2. The van der Waals surface area contributed by atoms with Crippen LogP contribution < -0.4 is 5.73 Å². The van der Waals surface area contributed by atoms with Crippen LogP contribution in [-0.4, -0.2) is 16.1 Å². The monoisotopic (exact) mass is 343 g/mol. The molecule has 6 nitrogen and oxygen atoms in total. The van der Waals surface area contributed by atoms with Crippen molar-refractivity contribution >= 4 is 22.4 Å². The van der Waals surface area contributed by atoms with Crippen LogP contribution in [0, 0.1) is 13.8 Å². The van der Waals surface area contributed by atoms with Crippen molar-refractivity contribution in [3.05, 3.63) is 52.2 Å². The Kier molecular flexibility index (Phi) is 4.61. The van der Waals surface area contributed by atoms with Gasteiger partial charge >= 0.3 is 5.97 Å². The van der Waals surface area contributed by atoms with Crippen LogP contribution in [0.3, 0.4) is 0 Å². The molecule has 0 radical (unpaired) electrons. The third-order valence-electron chi connectivity index (χ3n) is 3.67. The summed E-state index contributed by atoms with van der Waals surface area (Å²) in [7, 11) is 0. The smallest absolute Gasteiger partial charge is 0.311 e. The number of esters is 1. The first-order valence-electron chi connectivity index (χ1n) is 7.41. The number of hydrogen-bond acceptors (Lipinski definition) is 7. The molecule has 3 rings (SSSR count). The minimum absolute atomic E-state index is 0.0616. The van der Waals surface area contributed by atoms with Crippen molar-refractivity contribution in [2.24, 2.45) is 0 Å². The Morgan fingerprint density at radius 1 is 1.29 bits per heavy atom. The number of carbonyl (C=O) groups excluding carboxylic acids is 1. The summed E-state index contributed by atoms with van der Waals surface area (Å²) in [4.78, 5) is 17.2. The van der Waals surface area contributed by atoms with Crippen LogP contribution in [0.4, 0.5) is 5.13 Å². The third kappa shape index (κ3) is 3.62. The van der Waals surface area contributed by atoms with E-state index < -0.39 is 0 Å². The van der Waals surface area contributed by atoms with Crippen molar-refractivity contribution in [1.82, 2.24) is 10.1 Å². The minimum Gasteiger partial charge on any atom is -0.457 e. The van der Waals surface area contributed by atoms with Crippen molar-refractivity contribution in [2.45, 2.75) is 26.9 Å². The quantitative estimate of drug-likeness (QED) is 0.715. The van der Waals surface area contributed by atoms with Crippen LogP contribution in [0.15, 0.2) is 35.0 Å². The molecule has 2 aromatic heterocycles. The molecule has 0 bridgehead atoms. The van der Waals surface area contributed by atoms with Crippen LogP contribution in [0.1, 0.15) is 21.8 Å². The Morgan fingerprint density at radius 3 is 2.83 bits per heavy atom. The number of carbonyl (C=O) groups is 1. The van der Waals surface area contributed by atoms with E-state index in [-0.39, 0.29) is 19.0 Å². The summed E-state index contributed by atoms with van der Waals surface area (Å²) in [5, 5.41) is 4.00. The molecule has 2 heterocycles.